The monoisotopic (exact) mass is 259 g/mol. The maximum absolute atomic E-state index is 13.5. The summed E-state index contributed by atoms with van der Waals surface area (Å²) in [4.78, 5) is 11.7. The van der Waals surface area contributed by atoms with E-state index in [4.69, 9.17) is 5.73 Å². The number of rotatable bonds is 2. The molecule has 0 fully saturated rings. The van der Waals surface area contributed by atoms with Gasteiger partial charge in [0, 0.05) is 25.0 Å². The first kappa shape index (κ1) is 13.1. The Labute approximate surface area is 110 Å². The van der Waals surface area contributed by atoms with Crippen molar-refractivity contribution in [1.82, 2.24) is 9.13 Å². The van der Waals surface area contributed by atoms with Crippen molar-refractivity contribution in [3.8, 4) is 11.8 Å². The van der Waals surface area contributed by atoms with E-state index in [1.165, 1.54) is 21.3 Å². The topological polar surface area (TPSA) is 52.9 Å². The van der Waals surface area contributed by atoms with E-state index >= 15 is 0 Å². The van der Waals surface area contributed by atoms with Crippen molar-refractivity contribution in [2.75, 3.05) is 6.54 Å². The highest BCUT2D eigenvalue weighted by molar-refractivity contribution is 5.38. The third-order valence-corrected chi connectivity index (χ3v) is 2.66. The third-order valence-electron chi connectivity index (χ3n) is 2.66. The Balaban J connectivity index is 2.32. The number of imidazole rings is 1. The van der Waals surface area contributed by atoms with Crippen LogP contribution in [0.4, 0.5) is 4.39 Å². The van der Waals surface area contributed by atoms with Gasteiger partial charge in [0.25, 0.3) is 0 Å². The average molecular weight is 259 g/mol. The smallest absolute Gasteiger partial charge is 0.320 e. The summed E-state index contributed by atoms with van der Waals surface area (Å²) in [5.41, 5.74) is 6.39. The molecule has 0 amide bonds. The van der Waals surface area contributed by atoms with Crippen LogP contribution in [0.15, 0.2) is 35.4 Å². The van der Waals surface area contributed by atoms with Crippen LogP contribution in [0.3, 0.4) is 0 Å². The lowest BCUT2D eigenvalue weighted by Gasteiger charge is -2.03. The Morgan fingerprint density at radius 2 is 2.11 bits per heavy atom. The van der Waals surface area contributed by atoms with Gasteiger partial charge in [0.15, 0.2) is 0 Å². The van der Waals surface area contributed by atoms with Gasteiger partial charge >= 0.3 is 5.69 Å². The zero-order valence-corrected chi connectivity index (χ0v) is 10.6. The molecule has 0 radical (unpaired) electrons. The molecule has 1 aromatic heterocycles. The van der Waals surface area contributed by atoms with Gasteiger partial charge in [0.1, 0.15) is 5.82 Å². The second-order valence-electron chi connectivity index (χ2n) is 4.17. The summed E-state index contributed by atoms with van der Waals surface area (Å²) in [7, 11) is 1.67. The van der Waals surface area contributed by atoms with Gasteiger partial charge < -0.3 is 10.3 Å². The highest BCUT2D eigenvalue weighted by Crippen LogP contribution is 2.09. The molecule has 0 saturated heterocycles. The van der Waals surface area contributed by atoms with E-state index < -0.39 is 0 Å². The molecular formula is C14H14FN3O. The fraction of sp³-hybridized carbons (Fsp3) is 0.214. The summed E-state index contributed by atoms with van der Waals surface area (Å²) >= 11 is 0. The number of aromatic nitrogens is 2. The maximum atomic E-state index is 13.5. The van der Waals surface area contributed by atoms with Crippen molar-refractivity contribution in [2.24, 2.45) is 12.8 Å². The molecule has 5 heteroatoms. The van der Waals surface area contributed by atoms with Gasteiger partial charge in [-0.1, -0.05) is 11.8 Å². The van der Waals surface area contributed by atoms with Crippen LogP contribution < -0.4 is 11.4 Å². The minimum absolute atomic E-state index is 0.140. The van der Waals surface area contributed by atoms with Crippen molar-refractivity contribution >= 4 is 0 Å². The summed E-state index contributed by atoms with van der Waals surface area (Å²) in [5.74, 6) is 5.09. The Morgan fingerprint density at radius 1 is 1.32 bits per heavy atom. The first-order valence-electron chi connectivity index (χ1n) is 5.80. The molecule has 0 unspecified atom stereocenters. The number of benzene rings is 1. The number of aryl methyl sites for hydroxylation is 1. The van der Waals surface area contributed by atoms with Crippen LogP contribution >= 0.6 is 0 Å². The Bertz CT molecular complexity index is 703. The second-order valence-corrected chi connectivity index (χ2v) is 4.17. The van der Waals surface area contributed by atoms with E-state index in [1.807, 2.05) is 0 Å². The largest absolute Gasteiger partial charge is 0.328 e. The highest BCUT2D eigenvalue weighted by Gasteiger charge is 2.04. The fourth-order valence-electron chi connectivity index (χ4n) is 1.79. The molecule has 2 aromatic rings. The molecule has 0 bridgehead atoms. The number of nitrogens with zero attached hydrogens (tertiary/aromatic N) is 2. The molecule has 1 heterocycles. The quantitative estimate of drug-likeness (QED) is 0.807. The van der Waals surface area contributed by atoms with Crippen LogP contribution in [0.25, 0.3) is 0 Å². The highest BCUT2D eigenvalue weighted by atomic mass is 19.1. The van der Waals surface area contributed by atoms with Crippen molar-refractivity contribution in [1.29, 1.82) is 0 Å². The molecule has 0 aliphatic rings. The van der Waals surface area contributed by atoms with Gasteiger partial charge in [0.05, 0.1) is 13.1 Å². The van der Waals surface area contributed by atoms with Crippen LogP contribution in [0.5, 0.6) is 0 Å². The van der Waals surface area contributed by atoms with E-state index in [2.05, 4.69) is 11.8 Å². The lowest BCUT2D eigenvalue weighted by atomic mass is 10.1. The molecule has 98 valence electrons. The van der Waals surface area contributed by atoms with Crippen LogP contribution in [0.2, 0.25) is 0 Å². The van der Waals surface area contributed by atoms with Crippen LogP contribution in [-0.2, 0) is 13.6 Å². The SMILES string of the molecule is Cn1ccn(Cc2cc(F)cc(C#CCN)c2)c1=O. The van der Waals surface area contributed by atoms with E-state index in [1.54, 1.807) is 25.5 Å². The van der Waals surface area contributed by atoms with Gasteiger partial charge in [-0.3, -0.25) is 4.57 Å². The molecule has 1 aromatic carbocycles. The van der Waals surface area contributed by atoms with Gasteiger partial charge in [-0.25, -0.2) is 9.18 Å². The molecule has 2 rings (SSSR count). The van der Waals surface area contributed by atoms with Crippen molar-refractivity contribution in [3.05, 3.63) is 58.0 Å². The van der Waals surface area contributed by atoms with Crippen molar-refractivity contribution in [2.45, 2.75) is 6.54 Å². The van der Waals surface area contributed by atoms with Crippen LogP contribution in [-0.4, -0.2) is 15.7 Å². The molecule has 0 saturated carbocycles. The summed E-state index contributed by atoms with van der Waals surface area (Å²) in [6.07, 6.45) is 3.33. The van der Waals surface area contributed by atoms with E-state index in [9.17, 15) is 9.18 Å². The Kier molecular flexibility index (Phi) is 3.83. The van der Waals surface area contributed by atoms with Crippen molar-refractivity contribution < 1.29 is 4.39 Å². The Morgan fingerprint density at radius 3 is 2.74 bits per heavy atom. The summed E-state index contributed by atoms with van der Waals surface area (Å²) < 4.78 is 16.4. The minimum Gasteiger partial charge on any atom is -0.320 e. The van der Waals surface area contributed by atoms with Crippen LogP contribution in [0, 0.1) is 17.7 Å². The summed E-state index contributed by atoms with van der Waals surface area (Å²) in [5, 5.41) is 0. The number of hydrogen-bond acceptors (Lipinski definition) is 2. The molecule has 0 spiro atoms. The first-order valence-corrected chi connectivity index (χ1v) is 5.80. The molecule has 19 heavy (non-hydrogen) atoms. The van der Waals surface area contributed by atoms with E-state index in [0.29, 0.717) is 17.7 Å². The molecule has 2 N–H and O–H groups in total. The lowest BCUT2D eigenvalue weighted by Crippen LogP contribution is -2.22. The second kappa shape index (κ2) is 5.55. The summed E-state index contributed by atoms with van der Waals surface area (Å²) in [6, 6.07) is 4.50. The van der Waals surface area contributed by atoms with Gasteiger partial charge in [0.2, 0.25) is 0 Å². The van der Waals surface area contributed by atoms with Gasteiger partial charge in [-0.15, -0.1) is 0 Å². The zero-order valence-electron chi connectivity index (χ0n) is 10.6. The lowest BCUT2D eigenvalue weighted by molar-refractivity contribution is 0.621. The van der Waals surface area contributed by atoms with Gasteiger partial charge in [-0.05, 0) is 23.8 Å². The maximum Gasteiger partial charge on any atom is 0.328 e. The Hall–Kier alpha value is -2.32. The minimum atomic E-state index is -0.372. The predicted molar refractivity (Wildman–Crippen MR) is 71.1 cm³/mol. The fourth-order valence-corrected chi connectivity index (χ4v) is 1.79. The number of hydrogen-bond donors (Lipinski definition) is 1. The molecule has 0 atom stereocenters. The van der Waals surface area contributed by atoms with E-state index in [0.717, 1.165) is 0 Å². The molecule has 0 aliphatic heterocycles. The standard InChI is InChI=1S/C14H14FN3O/c1-17-5-6-18(14(17)19)10-12-7-11(3-2-4-16)8-13(15)9-12/h5-9H,4,10,16H2,1H3. The van der Waals surface area contributed by atoms with Gasteiger partial charge in [-0.2, -0.15) is 0 Å². The average Bonchev–Trinajstić information content (AvgIpc) is 2.68. The summed E-state index contributed by atoms with van der Waals surface area (Å²) in [6.45, 7) is 0.540. The molecule has 4 nitrogen and oxygen atoms in total. The zero-order chi connectivity index (χ0) is 13.8. The first-order chi connectivity index (χ1) is 9.10. The predicted octanol–water partition coefficient (Wildman–Crippen LogP) is 0.684. The number of halogens is 1. The van der Waals surface area contributed by atoms with Crippen LogP contribution in [0.1, 0.15) is 11.1 Å². The van der Waals surface area contributed by atoms with Crippen molar-refractivity contribution in [3.63, 3.8) is 0 Å². The van der Waals surface area contributed by atoms with E-state index in [-0.39, 0.29) is 18.1 Å². The number of nitrogens with two attached hydrogens (primary N) is 1. The molecule has 0 aliphatic carbocycles. The molecular weight excluding hydrogens is 245 g/mol. The normalized spacial score (nSPS) is 10.1. The third kappa shape index (κ3) is 3.12.